The van der Waals surface area contributed by atoms with E-state index in [4.69, 9.17) is 14.9 Å². The van der Waals surface area contributed by atoms with Crippen LogP contribution in [0.3, 0.4) is 0 Å². The predicted molar refractivity (Wildman–Crippen MR) is 132 cm³/mol. The number of primary amides is 1. The van der Waals surface area contributed by atoms with Gasteiger partial charge in [0.05, 0.1) is 14.5 Å². The summed E-state index contributed by atoms with van der Waals surface area (Å²) in [6.07, 6.45) is 2.38. The summed E-state index contributed by atoms with van der Waals surface area (Å²) in [7, 11) is 0. The van der Waals surface area contributed by atoms with Crippen molar-refractivity contribution in [2.45, 2.75) is 45.4 Å². The van der Waals surface area contributed by atoms with Crippen molar-refractivity contribution in [2.75, 3.05) is 0 Å². The normalized spacial score (nSPS) is 11.0. The topological polar surface area (TPSA) is 140 Å². The third-order valence-corrected chi connectivity index (χ3v) is 6.34. The first kappa shape index (κ1) is 25.8. The van der Waals surface area contributed by atoms with Gasteiger partial charge in [0.1, 0.15) is 17.1 Å². The number of ketones is 1. The standard InChI is InChI=1S/C24H23Br2NO7/c1-2-3-7-21(30)34-19-11-18-13(10-16(19)28)22(17(33-18)5-4-6-20(27)29)23(31)12-8-14(25)24(32)15(26)9-12/h8-11,28,32H,2-7H2,1H3,(H2,27,29). The third kappa shape index (κ3) is 5.79. The zero-order valence-corrected chi connectivity index (χ0v) is 21.5. The zero-order valence-electron chi connectivity index (χ0n) is 18.3. The lowest BCUT2D eigenvalue weighted by Crippen LogP contribution is -2.10. The maximum absolute atomic E-state index is 13.5. The summed E-state index contributed by atoms with van der Waals surface area (Å²) < 4.78 is 11.8. The number of nitrogens with two attached hydrogens (primary N) is 1. The van der Waals surface area contributed by atoms with Gasteiger partial charge in [-0.15, -0.1) is 0 Å². The molecule has 1 amide bonds. The second-order valence-electron chi connectivity index (χ2n) is 7.73. The van der Waals surface area contributed by atoms with Crippen molar-refractivity contribution in [2.24, 2.45) is 5.73 Å². The van der Waals surface area contributed by atoms with Crippen molar-refractivity contribution < 1.29 is 33.8 Å². The Morgan fingerprint density at radius 2 is 1.71 bits per heavy atom. The molecule has 0 saturated carbocycles. The van der Waals surface area contributed by atoms with Crippen LogP contribution in [0, 0.1) is 0 Å². The molecule has 0 fully saturated rings. The van der Waals surface area contributed by atoms with Crippen molar-refractivity contribution >= 4 is 60.5 Å². The highest BCUT2D eigenvalue weighted by Gasteiger charge is 2.25. The number of rotatable bonds is 10. The number of phenolic OH excluding ortho intramolecular Hbond substituents is 2. The van der Waals surface area contributed by atoms with Gasteiger partial charge in [0.15, 0.2) is 17.3 Å². The molecule has 1 heterocycles. The maximum atomic E-state index is 13.5. The fourth-order valence-corrected chi connectivity index (χ4v) is 4.62. The highest BCUT2D eigenvalue weighted by molar-refractivity contribution is 9.11. The fraction of sp³-hybridized carbons (Fsp3) is 0.292. The molecular weight excluding hydrogens is 574 g/mol. The first-order valence-electron chi connectivity index (χ1n) is 10.6. The van der Waals surface area contributed by atoms with Crippen LogP contribution in [0.5, 0.6) is 17.2 Å². The number of ether oxygens (including phenoxy) is 1. The molecule has 0 unspecified atom stereocenters. The Morgan fingerprint density at radius 3 is 2.32 bits per heavy atom. The zero-order chi connectivity index (χ0) is 25.0. The van der Waals surface area contributed by atoms with Crippen molar-refractivity contribution in [1.29, 1.82) is 0 Å². The second-order valence-corrected chi connectivity index (χ2v) is 9.44. The van der Waals surface area contributed by atoms with Crippen LogP contribution >= 0.6 is 31.9 Å². The average molecular weight is 597 g/mol. The van der Waals surface area contributed by atoms with Crippen LogP contribution in [-0.2, 0) is 16.0 Å². The van der Waals surface area contributed by atoms with Gasteiger partial charge in [-0.2, -0.15) is 0 Å². The van der Waals surface area contributed by atoms with E-state index < -0.39 is 17.7 Å². The molecule has 4 N–H and O–H groups in total. The van der Waals surface area contributed by atoms with E-state index in [-0.39, 0.29) is 53.2 Å². The number of hydrogen-bond acceptors (Lipinski definition) is 7. The van der Waals surface area contributed by atoms with E-state index >= 15 is 0 Å². The van der Waals surface area contributed by atoms with Gasteiger partial charge in [0.2, 0.25) is 5.91 Å². The van der Waals surface area contributed by atoms with E-state index in [1.165, 1.54) is 24.3 Å². The molecule has 0 saturated heterocycles. The van der Waals surface area contributed by atoms with Crippen LogP contribution in [0.25, 0.3) is 11.0 Å². The number of aryl methyl sites for hydroxylation is 1. The molecule has 180 valence electrons. The number of aromatic hydroxyl groups is 2. The number of furan rings is 1. The number of hydrogen-bond donors (Lipinski definition) is 3. The number of halogens is 2. The summed E-state index contributed by atoms with van der Waals surface area (Å²) in [6, 6.07) is 5.62. The van der Waals surface area contributed by atoms with Gasteiger partial charge >= 0.3 is 5.97 Å². The Bertz CT molecular complexity index is 1240. The fourth-order valence-electron chi connectivity index (χ4n) is 3.43. The van der Waals surface area contributed by atoms with Crippen molar-refractivity contribution in [1.82, 2.24) is 0 Å². The quantitative estimate of drug-likeness (QED) is 0.159. The number of benzene rings is 2. The summed E-state index contributed by atoms with van der Waals surface area (Å²) in [5, 5.41) is 20.8. The van der Waals surface area contributed by atoms with Gasteiger partial charge in [-0.3, -0.25) is 14.4 Å². The van der Waals surface area contributed by atoms with Crippen molar-refractivity contribution in [3.05, 3.63) is 50.1 Å². The highest BCUT2D eigenvalue weighted by Crippen LogP contribution is 2.39. The summed E-state index contributed by atoms with van der Waals surface area (Å²) in [4.78, 5) is 36.7. The Labute approximate surface area is 212 Å². The van der Waals surface area contributed by atoms with Gasteiger partial charge in [0.25, 0.3) is 0 Å². The van der Waals surface area contributed by atoms with Crippen molar-refractivity contribution in [3.8, 4) is 17.2 Å². The third-order valence-electron chi connectivity index (χ3n) is 5.13. The van der Waals surface area contributed by atoms with E-state index in [2.05, 4.69) is 31.9 Å². The minimum Gasteiger partial charge on any atom is -0.506 e. The van der Waals surface area contributed by atoms with Gasteiger partial charge in [0, 0.05) is 36.3 Å². The van der Waals surface area contributed by atoms with E-state index in [0.29, 0.717) is 32.9 Å². The SMILES string of the molecule is CCCCC(=O)Oc1cc2oc(CCCC(N)=O)c(C(=O)c3cc(Br)c(O)c(Br)c3)c2cc1O. The van der Waals surface area contributed by atoms with Crippen molar-refractivity contribution in [3.63, 3.8) is 0 Å². The number of carbonyl (C=O) groups is 3. The first-order chi connectivity index (χ1) is 16.1. The molecule has 3 rings (SSSR count). The molecule has 0 radical (unpaired) electrons. The predicted octanol–water partition coefficient (Wildman–Crippen LogP) is 5.50. The van der Waals surface area contributed by atoms with Gasteiger partial charge in [-0.25, -0.2) is 0 Å². The number of fused-ring (bicyclic) bond motifs is 1. The van der Waals surface area contributed by atoms with E-state index in [0.717, 1.165) is 6.42 Å². The largest absolute Gasteiger partial charge is 0.506 e. The summed E-state index contributed by atoms with van der Waals surface area (Å²) in [6.45, 7) is 1.95. The van der Waals surface area contributed by atoms with Gasteiger partial charge in [-0.05, 0) is 62.9 Å². The Hall–Kier alpha value is -2.85. The molecule has 3 aromatic rings. The van der Waals surface area contributed by atoms with Crippen LogP contribution in [0.4, 0.5) is 0 Å². The Morgan fingerprint density at radius 1 is 1.03 bits per heavy atom. The summed E-state index contributed by atoms with van der Waals surface area (Å²) in [5.74, 6) is -1.52. The minimum atomic E-state index is -0.486. The molecule has 0 aliphatic heterocycles. The molecule has 0 spiro atoms. The second kappa shape index (κ2) is 11.1. The van der Waals surface area contributed by atoms with Gasteiger partial charge in [-0.1, -0.05) is 13.3 Å². The van der Waals surface area contributed by atoms with Crippen LogP contribution in [0.1, 0.15) is 60.7 Å². The molecule has 34 heavy (non-hydrogen) atoms. The van der Waals surface area contributed by atoms with E-state index in [9.17, 15) is 24.6 Å². The number of carbonyl (C=O) groups excluding carboxylic acids is 3. The lowest BCUT2D eigenvalue weighted by molar-refractivity contribution is -0.134. The van der Waals surface area contributed by atoms with Crippen LogP contribution in [-0.4, -0.2) is 27.9 Å². The maximum Gasteiger partial charge on any atom is 0.311 e. The summed E-state index contributed by atoms with van der Waals surface area (Å²) >= 11 is 6.44. The molecule has 0 bridgehead atoms. The molecule has 0 atom stereocenters. The lowest BCUT2D eigenvalue weighted by Gasteiger charge is -2.08. The summed E-state index contributed by atoms with van der Waals surface area (Å²) in [5.41, 5.74) is 5.93. The Kier molecular flexibility index (Phi) is 8.37. The van der Waals surface area contributed by atoms with Crippen LogP contribution in [0.15, 0.2) is 37.6 Å². The molecule has 0 aliphatic carbocycles. The molecule has 2 aromatic carbocycles. The van der Waals surface area contributed by atoms with E-state index in [1.54, 1.807) is 0 Å². The van der Waals surface area contributed by atoms with Crippen LogP contribution in [0.2, 0.25) is 0 Å². The average Bonchev–Trinajstić information content (AvgIpc) is 3.11. The monoisotopic (exact) mass is 595 g/mol. The molecule has 1 aromatic heterocycles. The highest BCUT2D eigenvalue weighted by atomic mass is 79.9. The minimum absolute atomic E-state index is 0.0533. The number of amides is 1. The molecule has 8 nitrogen and oxygen atoms in total. The smallest absolute Gasteiger partial charge is 0.311 e. The van der Waals surface area contributed by atoms with Crippen LogP contribution < -0.4 is 10.5 Å². The lowest BCUT2D eigenvalue weighted by atomic mass is 9.98. The molecular formula is C24H23Br2NO7. The first-order valence-corrected chi connectivity index (χ1v) is 12.2. The Balaban J connectivity index is 2.08. The van der Waals surface area contributed by atoms with E-state index in [1.807, 2.05) is 6.92 Å². The molecule has 10 heteroatoms. The number of unbranched alkanes of at least 4 members (excludes halogenated alkanes) is 1. The number of esters is 1. The molecule has 0 aliphatic rings. The van der Waals surface area contributed by atoms with Gasteiger partial charge < -0.3 is 25.1 Å². The number of phenols is 2.